The molecular weight excluding hydrogens is 268 g/mol. The lowest BCUT2D eigenvalue weighted by molar-refractivity contribution is -0.883. The lowest BCUT2D eigenvalue weighted by Crippen LogP contribution is -3.12. The fraction of sp³-hybridized carbons (Fsp3) is 0.467. The van der Waals surface area contributed by atoms with Crippen molar-refractivity contribution in [2.75, 3.05) is 33.2 Å². The molecule has 1 aliphatic heterocycles. The predicted molar refractivity (Wildman–Crippen MR) is 80.4 cm³/mol. The number of hydrogen-bond donors (Lipinski definition) is 1. The maximum absolute atomic E-state index is 12.4. The zero-order valence-corrected chi connectivity index (χ0v) is 12.5. The molecule has 3 rings (SSSR count). The molecule has 1 aliphatic rings. The van der Waals surface area contributed by atoms with Gasteiger partial charge in [-0.1, -0.05) is 12.1 Å². The van der Waals surface area contributed by atoms with Crippen LogP contribution in [0.1, 0.15) is 0 Å². The van der Waals surface area contributed by atoms with Gasteiger partial charge in [0.05, 0.1) is 44.3 Å². The number of aryl methyl sites for hydroxylation is 1. The minimum Gasteiger partial charge on any atom is -0.334 e. The molecule has 0 unspecified atom stereocenters. The van der Waals surface area contributed by atoms with Gasteiger partial charge in [0.15, 0.2) is 0 Å². The van der Waals surface area contributed by atoms with E-state index >= 15 is 0 Å². The lowest BCUT2D eigenvalue weighted by Gasteiger charge is -2.30. The van der Waals surface area contributed by atoms with Crippen LogP contribution < -0.4 is 10.6 Å². The highest BCUT2D eigenvalue weighted by molar-refractivity contribution is 5.81. The monoisotopic (exact) mass is 289 g/mol. The highest BCUT2D eigenvalue weighted by Crippen LogP contribution is 2.11. The fourth-order valence-electron chi connectivity index (χ4n) is 2.89. The second kappa shape index (κ2) is 5.37. The summed E-state index contributed by atoms with van der Waals surface area (Å²) in [6.45, 7) is 3.60. The summed E-state index contributed by atoms with van der Waals surface area (Å²) >= 11 is 0. The number of likely N-dealkylation sites (N-methyl/N-ethyl adjacent to an activating group) is 1. The summed E-state index contributed by atoms with van der Waals surface area (Å²) in [7, 11) is 3.88. The van der Waals surface area contributed by atoms with E-state index in [4.69, 9.17) is 0 Å². The molecule has 1 saturated heterocycles. The third kappa shape index (κ3) is 2.47. The largest absolute Gasteiger partial charge is 0.334 e. The molecule has 2 heterocycles. The summed E-state index contributed by atoms with van der Waals surface area (Å²) in [6.07, 6.45) is 0. The normalized spacial score (nSPS) is 16.6. The smallest absolute Gasteiger partial charge is 0.329 e. The van der Waals surface area contributed by atoms with E-state index < -0.39 is 0 Å². The molecule has 112 valence electrons. The van der Waals surface area contributed by atoms with Gasteiger partial charge >= 0.3 is 5.69 Å². The molecule has 0 spiro atoms. The van der Waals surface area contributed by atoms with Crippen LogP contribution in [0.2, 0.25) is 0 Å². The summed E-state index contributed by atoms with van der Waals surface area (Å²) in [6, 6.07) is 7.58. The van der Waals surface area contributed by atoms with E-state index in [2.05, 4.69) is 7.05 Å². The zero-order valence-electron chi connectivity index (χ0n) is 12.5. The zero-order chi connectivity index (χ0) is 15.0. The van der Waals surface area contributed by atoms with Crippen LogP contribution in [0.15, 0.2) is 29.1 Å². The quantitative estimate of drug-likeness (QED) is 0.747. The molecule has 0 saturated carbocycles. The van der Waals surface area contributed by atoms with Crippen LogP contribution >= 0.6 is 0 Å². The number of fused-ring (bicyclic) bond motifs is 1. The molecule has 6 nitrogen and oxygen atoms in total. The Morgan fingerprint density at radius 2 is 1.81 bits per heavy atom. The first-order valence-electron chi connectivity index (χ1n) is 7.31. The minimum atomic E-state index is -0.135. The van der Waals surface area contributed by atoms with E-state index in [0.717, 1.165) is 37.2 Å². The number of benzene rings is 1. The molecule has 0 aliphatic carbocycles. The van der Waals surface area contributed by atoms with E-state index in [0.29, 0.717) is 0 Å². The molecular formula is C15H21N4O2+. The van der Waals surface area contributed by atoms with Gasteiger partial charge in [-0.2, -0.15) is 0 Å². The number of amides is 1. The molecule has 0 atom stereocenters. The van der Waals surface area contributed by atoms with Crippen molar-refractivity contribution in [3.63, 3.8) is 0 Å². The third-order valence-corrected chi connectivity index (χ3v) is 4.31. The van der Waals surface area contributed by atoms with Gasteiger partial charge < -0.3 is 9.80 Å². The molecule has 1 N–H and O–H groups in total. The number of carbonyl (C=O) groups is 1. The van der Waals surface area contributed by atoms with Crippen LogP contribution in [0.3, 0.4) is 0 Å². The van der Waals surface area contributed by atoms with Gasteiger partial charge in [0, 0.05) is 7.05 Å². The summed E-state index contributed by atoms with van der Waals surface area (Å²) < 4.78 is 3.17. The standard InChI is InChI=1S/C15H20N4O2/c1-16-7-9-18(10-8-16)14(20)11-19-13-6-4-3-5-12(13)17(2)15(19)21/h3-6H,7-11H2,1-2H3/p+1. The average molecular weight is 289 g/mol. The van der Waals surface area contributed by atoms with E-state index in [1.54, 1.807) is 16.2 Å². The number of aromatic nitrogens is 2. The van der Waals surface area contributed by atoms with Crippen LogP contribution in [0.4, 0.5) is 0 Å². The third-order valence-electron chi connectivity index (χ3n) is 4.31. The number of piperazine rings is 1. The summed E-state index contributed by atoms with van der Waals surface area (Å²) in [5, 5.41) is 0. The lowest BCUT2D eigenvalue weighted by atomic mass is 10.3. The molecule has 1 aromatic heterocycles. The first kappa shape index (κ1) is 13.9. The van der Waals surface area contributed by atoms with Gasteiger partial charge in [0.2, 0.25) is 5.91 Å². The topological polar surface area (TPSA) is 51.7 Å². The Labute approximate surface area is 123 Å². The molecule has 1 fully saturated rings. The van der Waals surface area contributed by atoms with Crippen molar-refractivity contribution in [3.05, 3.63) is 34.7 Å². The highest BCUT2D eigenvalue weighted by Gasteiger charge is 2.23. The average Bonchev–Trinajstić information content (AvgIpc) is 2.73. The van der Waals surface area contributed by atoms with Gasteiger partial charge in [-0.25, -0.2) is 4.79 Å². The first-order valence-corrected chi connectivity index (χ1v) is 7.31. The summed E-state index contributed by atoms with van der Waals surface area (Å²) in [5.74, 6) is 0.0287. The van der Waals surface area contributed by atoms with Crippen molar-refractivity contribution in [3.8, 4) is 0 Å². The van der Waals surface area contributed by atoms with Crippen LogP contribution in [-0.4, -0.2) is 53.2 Å². The Bertz CT molecular complexity index is 723. The maximum atomic E-state index is 12.4. The fourth-order valence-corrected chi connectivity index (χ4v) is 2.89. The SMILES string of the molecule is Cn1c(=O)n(CC(=O)N2CC[NH+](C)CC2)c2ccccc21. The Balaban J connectivity index is 1.87. The molecule has 1 amide bonds. The van der Waals surface area contributed by atoms with E-state index in [1.807, 2.05) is 29.2 Å². The molecule has 1 aromatic carbocycles. The number of imidazole rings is 1. The Kier molecular flexibility index (Phi) is 3.55. The van der Waals surface area contributed by atoms with Crippen molar-refractivity contribution in [1.29, 1.82) is 0 Å². The predicted octanol–water partition coefficient (Wildman–Crippen LogP) is -1.30. The number of hydrogen-bond acceptors (Lipinski definition) is 2. The number of para-hydroxylation sites is 2. The number of nitrogens with zero attached hydrogens (tertiary/aromatic N) is 3. The second-order valence-corrected chi connectivity index (χ2v) is 5.75. The maximum Gasteiger partial charge on any atom is 0.329 e. The van der Waals surface area contributed by atoms with E-state index in [-0.39, 0.29) is 18.1 Å². The van der Waals surface area contributed by atoms with Crippen LogP contribution in [-0.2, 0) is 18.4 Å². The van der Waals surface area contributed by atoms with Crippen molar-refractivity contribution >= 4 is 16.9 Å². The van der Waals surface area contributed by atoms with Crippen molar-refractivity contribution < 1.29 is 9.69 Å². The van der Waals surface area contributed by atoms with Gasteiger partial charge in [-0.15, -0.1) is 0 Å². The summed E-state index contributed by atoms with van der Waals surface area (Å²) in [5.41, 5.74) is 1.54. The molecule has 21 heavy (non-hydrogen) atoms. The van der Waals surface area contributed by atoms with Crippen LogP contribution in [0.25, 0.3) is 11.0 Å². The van der Waals surface area contributed by atoms with Gasteiger partial charge in [0.1, 0.15) is 6.54 Å². The Morgan fingerprint density at radius 3 is 2.48 bits per heavy atom. The van der Waals surface area contributed by atoms with Gasteiger partial charge in [0.25, 0.3) is 0 Å². The van der Waals surface area contributed by atoms with Crippen molar-refractivity contribution in [1.82, 2.24) is 14.0 Å². The van der Waals surface area contributed by atoms with Crippen LogP contribution in [0, 0.1) is 0 Å². The van der Waals surface area contributed by atoms with Crippen LogP contribution in [0.5, 0.6) is 0 Å². The highest BCUT2D eigenvalue weighted by atomic mass is 16.2. The molecule has 6 heteroatoms. The molecule has 2 aromatic rings. The second-order valence-electron chi connectivity index (χ2n) is 5.75. The summed E-state index contributed by atoms with van der Waals surface area (Å²) in [4.78, 5) is 28.0. The van der Waals surface area contributed by atoms with Crippen molar-refractivity contribution in [2.45, 2.75) is 6.54 Å². The number of carbonyl (C=O) groups excluding carboxylic acids is 1. The van der Waals surface area contributed by atoms with Gasteiger partial charge in [-0.05, 0) is 12.1 Å². The van der Waals surface area contributed by atoms with E-state index in [9.17, 15) is 9.59 Å². The molecule has 0 bridgehead atoms. The first-order chi connectivity index (χ1) is 10.1. The van der Waals surface area contributed by atoms with Gasteiger partial charge in [-0.3, -0.25) is 13.9 Å². The Hall–Kier alpha value is -2.08. The molecule has 0 radical (unpaired) electrons. The number of rotatable bonds is 2. The van der Waals surface area contributed by atoms with Crippen molar-refractivity contribution in [2.24, 2.45) is 7.05 Å². The Morgan fingerprint density at radius 1 is 1.19 bits per heavy atom. The minimum absolute atomic E-state index is 0.0287. The number of quaternary nitrogens is 1. The number of nitrogens with one attached hydrogen (secondary N) is 1. The van der Waals surface area contributed by atoms with E-state index in [1.165, 1.54) is 4.90 Å².